The summed E-state index contributed by atoms with van der Waals surface area (Å²) in [7, 11) is -3.97. The Hall–Kier alpha value is -3.47. The molecule has 2 aromatic carbocycles. The number of non-ortho nitro benzene ring substituents is 1. The predicted octanol–water partition coefficient (Wildman–Crippen LogP) is 3.08. The van der Waals surface area contributed by atoms with Crippen molar-refractivity contribution >= 4 is 33.2 Å². The SMILES string of the molecule is CCCCNC(=O)C(CC)N(Cc1ccccc1)C(=O)CN(c1cccc([N+](=O)[O-])c1)S(C)(=O)=O. The first-order valence-corrected chi connectivity index (χ1v) is 13.3. The third-order valence-corrected chi connectivity index (χ3v) is 6.56. The minimum absolute atomic E-state index is 0.00448. The molecule has 0 aliphatic carbocycles. The predicted molar refractivity (Wildman–Crippen MR) is 134 cm³/mol. The molecule has 190 valence electrons. The fraction of sp³-hybridized carbons (Fsp3) is 0.417. The van der Waals surface area contributed by atoms with Gasteiger partial charge in [-0.2, -0.15) is 0 Å². The topological polar surface area (TPSA) is 130 Å². The van der Waals surface area contributed by atoms with Gasteiger partial charge in [-0.3, -0.25) is 24.0 Å². The molecule has 2 aromatic rings. The van der Waals surface area contributed by atoms with Crippen LogP contribution in [0.1, 0.15) is 38.7 Å². The zero-order valence-electron chi connectivity index (χ0n) is 20.2. The summed E-state index contributed by atoms with van der Waals surface area (Å²) in [5, 5.41) is 14.0. The van der Waals surface area contributed by atoms with Crippen LogP contribution in [0, 0.1) is 10.1 Å². The zero-order valence-corrected chi connectivity index (χ0v) is 21.0. The summed E-state index contributed by atoms with van der Waals surface area (Å²) >= 11 is 0. The summed E-state index contributed by atoms with van der Waals surface area (Å²) in [4.78, 5) is 38.4. The number of anilines is 1. The fourth-order valence-electron chi connectivity index (χ4n) is 3.58. The molecule has 0 fully saturated rings. The van der Waals surface area contributed by atoms with Crippen molar-refractivity contribution in [2.45, 2.75) is 45.7 Å². The highest BCUT2D eigenvalue weighted by Crippen LogP contribution is 2.24. The maximum atomic E-state index is 13.5. The number of rotatable bonds is 13. The van der Waals surface area contributed by atoms with Crippen molar-refractivity contribution in [3.63, 3.8) is 0 Å². The Morgan fingerprint density at radius 3 is 2.34 bits per heavy atom. The average molecular weight is 505 g/mol. The Kier molecular flexibility index (Phi) is 10.2. The van der Waals surface area contributed by atoms with E-state index >= 15 is 0 Å². The van der Waals surface area contributed by atoms with Gasteiger partial charge in [0, 0.05) is 25.2 Å². The van der Waals surface area contributed by atoms with Crippen LogP contribution in [-0.2, 0) is 26.2 Å². The molecule has 1 atom stereocenters. The van der Waals surface area contributed by atoms with Crippen LogP contribution in [0.25, 0.3) is 0 Å². The average Bonchev–Trinajstić information content (AvgIpc) is 2.82. The summed E-state index contributed by atoms with van der Waals surface area (Å²) in [5.74, 6) is -0.908. The van der Waals surface area contributed by atoms with Crippen molar-refractivity contribution in [2.75, 3.05) is 23.7 Å². The molecule has 10 nitrogen and oxygen atoms in total. The monoisotopic (exact) mass is 504 g/mol. The van der Waals surface area contributed by atoms with E-state index in [9.17, 15) is 28.1 Å². The van der Waals surface area contributed by atoms with E-state index in [0.717, 1.165) is 35.0 Å². The molecular weight excluding hydrogens is 472 g/mol. The Bertz CT molecular complexity index is 1120. The first-order valence-electron chi connectivity index (χ1n) is 11.4. The summed E-state index contributed by atoms with van der Waals surface area (Å²) in [6.45, 7) is 3.76. The van der Waals surface area contributed by atoms with E-state index in [4.69, 9.17) is 0 Å². The Balaban J connectivity index is 2.41. The van der Waals surface area contributed by atoms with E-state index in [1.807, 2.05) is 37.3 Å². The van der Waals surface area contributed by atoms with Crippen LogP contribution in [0.3, 0.4) is 0 Å². The van der Waals surface area contributed by atoms with E-state index in [2.05, 4.69) is 5.32 Å². The van der Waals surface area contributed by atoms with Crippen LogP contribution >= 0.6 is 0 Å². The van der Waals surface area contributed by atoms with Gasteiger partial charge in [0.2, 0.25) is 21.8 Å². The number of nitrogens with one attached hydrogen (secondary N) is 1. The highest BCUT2D eigenvalue weighted by Gasteiger charge is 2.32. The number of hydrogen-bond acceptors (Lipinski definition) is 6. The Labute approximate surface area is 206 Å². The molecule has 1 N–H and O–H groups in total. The molecule has 0 spiro atoms. The highest BCUT2D eigenvalue weighted by atomic mass is 32.2. The van der Waals surface area contributed by atoms with Crippen LogP contribution in [0.2, 0.25) is 0 Å². The van der Waals surface area contributed by atoms with Crippen LogP contribution in [0.5, 0.6) is 0 Å². The molecule has 0 aliphatic rings. The lowest BCUT2D eigenvalue weighted by atomic mass is 10.1. The molecule has 0 radical (unpaired) electrons. The molecule has 0 bridgehead atoms. The van der Waals surface area contributed by atoms with Crippen LogP contribution < -0.4 is 9.62 Å². The lowest BCUT2D eigenvalue weighted by Crippen LogP contribution is -2.52. The van der Waals surface area contributed by atoms with Crippen molar-refractivity contribution in [2.24, 2.45) is 0 Å². The number of benzene rings is 2. The number of nitro groups is 1. The van der Waals surface area contributed by atoms with Crippen LogP contribution in [0.15, 0.2) is 54.6 Å². The molecule has 2 rings (SSSR count). The van der Waals surface area contributed by atoms with Gasteiger partial charge in [0.15, 0.2) is 0 Å². The van der Waals surface area contributed by atoms with Gasteiger partial charge in [0.1, 0.15) is 12.6 Å². The van der Waals surface area contributed by atoms with Gasteiger partial charge in [0.05, 0.1) is 16.9 Å². The number of nitrogens with zero attached hydrogens (tertiary/aromatic N) is 3. The quantitative estimate of drug-likeness (QED) is 0.253. The van der Waals surface area contributed by atoms with Gasteiger partial charge in [0.25, 0.3) is 5.69 Å². The van der Waals surface area contributed by atoms with Crippen molar-refractivity contribution in [1.29, 1.82) is 0 Å². The normalized spacial score (nSPS) is 12.0. The maximum Gasteiger partial charge on any atom is 0.271 e. The van der Waals surface area contributed by atoms with Crippen LogP contribution in [0.4, 0.5) is 11.4 Å². The van der Waals surface area contributed by atoms with E-state index in [1.165, 1.54) is 23.1 Å². The minimum Gasteiger partial charge on any atom is -0.354 e. The Morgan fingerprint density at radius 2 is 1.77 bits per heavy atom. The maximum absolute atomic E-state index is 13.5. The van der Waals surface area contributed by atoms with Crippen molar-refractivity contribution in [1.82, 2.24) is 10.2 Å². The van der Waals surface area contributed by atoms with E-state index < -0.39 is 33.4 Å². The molecule has 0 aliphatic heterocycles. The summed E-state index contributed by atoms with van der Waals surface area (Å²) in [6, 6.07) is 13.4. The Morgan fingerprint density at radius 1 is 1.09 bits per heavy atom. The van der Waals surface area contributed by atoms with Crippen molar-refractivity contribution in [3.05, 3.63) is 70.3 Å². The van der Waals surface area contributed by atoms with E-state index in [1.54, 1.807) is 6.92 Å². The van der Waals surface area contributed by atoms with Gasteiger partial charge < -0.3 is 10.2 Å². The molecule has 11 heteroatoms. The lowest BCUT2D eigenvalue weighted by Gasteiger charge is -2.32. The highest BCUT2D eigenvalue weighted by molar-refractivity contribution is 7.92. The zero-order chi connectivity index (χ0) is 26.0. The molecule has 0 aromatic heterocycles. The standard InChI is InChI=1S/C24H32N4O6S/c1-4-6-15-25-24(30)22(5-2)26(17-19-11-8-7-9-12-19)23(29)18-27(35(3,33)34)20-13-10-14-21(16-20)28(31)32/h7-14,16,22H,4-6,15,17-18H2,1-3H3,(H,25,30). The molecule has 0 saturated heterocycles. The number of carbonyl (C=O) groups excluding carboxylic acids is 2. The second-order valence-electron chi connectivity index (χ2n) is 8.12. The second-order valence-corrected chi connectivity index (χ2v) is 10.0. The van der Waals surface area contributed by atoms with Crippen molar-refractivity contribution in [3.8, 4) is 0 Å². The number of carbonyl (C=O) groups is 2. The van der Waals surface area contributed by atoms with Crippen LogP contribution in [-0.4, -0.2) is 55.4 Å². The molecule has 0 heterocycles. The second kappa shape index (κ2) is 12.8. The number of hydrogen-bond donors (Lipinski definition) is 1. The smallest absolute Gasteiger partial charge is 0.271 e. The molecule has 0 saturated carbocycles. The number of amides is 2. The first-order chi connectivity index (χ1) is 16.6. The van der Waals surface area contributed by atoms with Crippen molar-refractivity contribution < 1.29 is 22.9 Å². The van der Waals surface area contributed by atoms with Gasteiger partial charge in [-0.1, -0.05) is 56.7 Å². The first kappa shape index (κ1) is 27.8. The fourth-order valence-corrected chi connectivity index (χ4v) is 4.42. The number of unbranched alkanes of at least 4 members (excludes halogenated alkanes) is 1. The summed E-state index contributed by atoms with van der Waals surface area (Å²) < 4.78 is 26.0. The summed E-state index contributed by atoms with van der Waals surface area (Å²) in [6.07, 6.45) is 2.95. The largest absolute Gasteiger partial charge is 0.354 e. The summed E-state index contributed by atoms with van der Waals surface area (Å²) in [5.41, 5.74) is 0.476. The minimum atomic E-state index is -3.97. The van der Waals surface area contributed by atoms with Gasteiger partial charge >= 0.3 is 0 Å². The molecular formula is C24H32N4O6S. The number of sulfonamides is 1. The van der Waals surface area contributed by atoms with Gasteiger partial charge in [-0.15, -0.1) is 0 Å². The lowest BCUT2D eigenvalue weighted by molar-refractivity contribution is -0.384. The van der Waals surface area contributed by atoms with Gasteiger partial charge in [-0.25, -0.2) is 8.42 Å². The molecule has 35 heavy (non-hydrogen) atoms. The third kappa shape index (κ3) is 8.06. The molecule has 1 unspecified atom stereocenters. The molecule has 2 amide bonds. The van der Waals surface area contributed by atoms with Gasteiger partial charge in [-0.05, 0) is 24.5 Å². The number of nitro benzene ring substituents is 1. The van der Waals surface area contributed by atoms with E-state index in [0.29, 0.717) is 13.0 Å². The van der Waals surface area contributed by atoms with E-state index in [-0.39, 0.29) is 23.8 Å². The third-order valence-electron chi connectivity index (χ3n) is 5.42.